The van der Waals surface area contributed by atoms with Gasteiger partial charge in [-0.3, -0.25) is 0 Å². The minimum Gasteiger partial charge on any atom is -0.456 e. The fourth-order valence-corrected chi connectivity index (χ4v) is 2.30. The molecule has 0 spiro atoms. The summed E-state index contributed by atoms with van der Waals surface area (Å²) in [6.45, 7) is 5.72. The van der Waals surface area contributed by atoms with Gasteiger partial charge in [0.2, 0.25) is 0 Å². The molecular weight excluding hydrogens is 212 g/mol. The first kappa shape index (κ1) is 11.9. The molecule has 1 aliphatic carbocycles. The Labute approximate surface area is 102 Å². The van der Waals surface area contributed by atoms with E-state index in [4.69, 9.17) is 4.74 Å². The van der Waals surface area contributed by atoms with E-state index < -0.39 is 0 Å². The Kier molecular flexibility index (Phi) is 3.32. The predicted molar refractivity (Wildman–Crippen MR) is 68.8 cm³/mol. The summed E-state index contributed by atoms with van der Waals surface area (Å²) in [6.07, 6.45) is 5.97. The summed E-state index contributed by atoms with van der Waals surface area (Å²) in [6, 6.07) is 7.37. The first-order valence-corrected chi connectivity index (χ1v) is 6.09. The number of rotatable bonds is 3. The summed E-state index contributed by atoms with van der Waals surface area (Å²) in [4.78, 5) is 12.0. The van der Waals surface area contributed by atoms with Crippen molar-refractivity contribution in [1.29, 1.82) is 0 Å². The van der Waals surface area contributed by atoms with Crippen molar-refractivity contribution in [2.75, 3.05) is 0 Å². The van der Waals surface area contributed by atoms with Crippen LogP contribution < -0.4 is 0 Å². The summed E-state index contributed by atoms with van der Waals surface area (Å²) in [5.41, 5.74) is 1.29. The maximum atomic E-state index is 12.0. The zero-order valence-electron chi connectivity index (χ0n) is 10.2. The Balaban J connectivity index is 2.11. The summed E-state index contributed by atoms with van der Waals surface area (Å²) < 4.78 is 5.61. The molecule has 0 unspecified atom stereocenters. The minimum absolute atomic E-state index is 0.224. The molecule has 17 heavy (non-hydrogen) atoms. The van der Waals surface area contributed by atoms with Gasteiger partial charge in [-0.05, 0) is 50.3 Å². The Bertz CT molecular complexity index is 428. The van der Waals surface area contributed by atoms with Crippen LogP contribution in [0.3, 0.4) is 0 Å². The predicted octanol–water partition coefficient (Wildman–Crippen LogP) is 3.82. The zero-order chi connectivity index (χ0) is 12.3. The van der Waals surface area contributed by atoms with E-state index in [0.717, 1.165) is 31.2 Å². The number of esters is 1. The second-order valence-electron chi connectivity index (χ2n) is 4.88. The molecule has 0 saturated heterocycles. The number of carbonyl (C=O) groups excluding carboxylic acids is 1. The topological polar surface area (TPSA) is 26.3 Å². The van der Waals surface area contributed by atoms with Crippen molar-refractivity contribution in [3.05, 3.63) is 42.0 Å². The van der Waals surface area contributed by atoms with E-state index in [2.05, 4.69) is 6.58 Å². The third-order valence-corrected chi connectivity index (χ3v) is 3.36. The molecule has 2 heteroatoms. The van der Waals surface area contributed by atoms with Crippen molar-refractivity contribution in [3.8, 4) is 0 Å². The molecule has 1 aromatic rings. The molecule has 2 nitrogen and oxygen atoms in total. The molecule has 0 bridgehead atoms. The van der Waals surface area contributed by atoms with Crippen molar-refractivity contribution in [1.82, 2.24) is 0 Å². The fourth-order valence-electron chi connectivity index (χ4n) is 2.30. The van der Waals surface area contributed by atoms with E-state index in [0.29, 0.717) is 5.56 Å². The molecule has 1 saturated carbocycles. The Morgan fingerprint density at radius 3 is 2.76 bits per heavy atom. The second-order valence-corrected chi connectivity index (χ2v) is 4.88. The van der Waals surface area contributed by atoms with Crippen LogP contribution in [0.5, 0.6) is 0 Å². The average Bonchev–Trinajstić information content (AvgIpc) is 2.76. The third kappa shape index (κ3) is 2.76. The van der Waals surface area contributed by atoms with Crippen molar-refractivity contribution in [2.24, 2.45) is 0 Å². The van der Waals surface area contributed by atoms with Gasteiger partial charge in [0, 0.05) is 0 Å². The zero-order valence-corrected chi connectivity index (χ0v) is 10.2. The van der Waals surface area contributed by atoms with Gasteiger partial charge >= 0.3 is 5.97 Å². The molecule has 0 aliphatic heterocycles. The van der Waals surface area contributed by atoms with Gasteiger partial charge < -0.3 is 4.74 Å². The van der Waals surface area contributed by atoms with Gasteiger partial charge in [-0.25, -0.2) is 4.79 Å². The van der Waals surface area contributed by atoms with Crippen molar-refractivity contribution in [3.63, 3.8) is 0 Å². The average molecular weight is 230 g/mol. The van der Waals surface area contributed by atoms with E-state index in [1.165, 1.54) is 0 Å². The normalized spacial score (nSPS) is 17.7. The number of ether oxygens (including phenoxy) is 1. The standard InChI is InChI=1S/C15H18O2/c1-3-12-7-6-8-13(11-12)14(16)17-15(2)9-4-5-10-15/h3,6-8,11H,1,4-5,9-10H2,2H3. The smallest absolute Gasteiger partial charge is 0.338 e. The monoisotopic (exact) mass is 230 g/mol. The Morgan fingerprint density at radius 1 is 1.41 bits per heavy atom. The van der Waals surface area contributed by atoms with Gasteiger partial charge in [0.1, 0.15) is 5.60 Å². The Hall–Kier alpha value is -1.57. The van der Waals surface area contributed by atoms with Crippen LogP contribution in [0.2, 0.25) is 0 Å². The lowest BCUT2D eigenvalue weighted by atomic mass is 10.1. The number of carbonyl (C=O) groups is 1. The lowest BCUT2D eigenvalue weighted by Gasteiger charge is -2.24. The van der Waals surface area contributed by atoms with Crippen LogP contribution in [0.15, 0.2) is 30.8 Å². The second kappa shape index (κ2) is 4.74. The highest BCUT2D eigenvalue weighted by Crippen LogP contribution is 2.33. The molecule has 0 aromatic heterocycles. The third-order valence-electron chi connectivity index (χ3n) is 3.36. The summed E-state index contributed by atoms with van der Waals surface area (Å²) in [5.74, 6) is -0.224. The molecule has 1 fully saturated rings. The first-order valence-electron chi connectivity index (χ1n) is 6.09. The van der Waals surface area contributed by atoms with Crippen molar-refractivity contribution < 1.29 is 9.53 Å². The maximum absolute atomic E-state index is 12.0. The summed E-state index contributed by atoms with van der Waals surface area (Å²) in [5, 5.41) is 0. The molecule has 0 heterocycles. The molecular formula is C15H18O2. The van der Waals surface area contributed by atoms with Gasteiger partial charge in [0.25, 0.3) is 0 Å². The quantitative estimate of drug-likeness (QED) is 0.738. The molecule has 0 radical (unpaired) electrons. The molecule has 90 valence electrons. The number of hydrogen-bond donors (Lipinski definition) is 0. The van der Waals surface area contributed by atoms with Gasteiger partial charge in [-0.15, -0.1) is 0 Å². The van der Waals surface area contributed by atoms with Crippen LogP contribution >= 0.6 is 0 Å². The van der Waals surface area contributed by atoms with Crippen LogP contribution in [0, 0.1) is 0 Å². The fraction of sp³-hybridized carbons (Fsp3) is 0.400. The van der Waals surface area contributed by atoms with E-state index in [9.17, 15) is 4.79 Å². The highest BCUT2D eigenvalue weighted by atomic mass is 16.6. The summed E-state index contributed by atoms with van der Waals surface area (Å²) >= 11 is 0. The lowest BCUT2D eigenvalue weighted by Crippen LogP contribution is -2.28. The van der Waals surface area contributed by atoms with Gasteiger partial charge in [-0.2, -0.15) is 0 Å². The molecule has 1 aromatic carbocycles. The van der Waals surface area contributed by atoms with Crippen LogP contribution in [-0.4, -0.2) is 11.6 Å². The summed E-state index contributed by atoms with van der Waals surface area (Å²) in [7, 11) is 0. The number of hydrogen-bond acceptors (Lipinski definition) is 2. The van der Waals surface area contributed by atoms with Crippen LogP contribution in [0.4, 0.5) is 0 Å². The van der Waals surface area contributed by atoms with E-state index in [-0.39, 0.29) is 11.6 Å². The molecule has 0 atom stereocenters. The minimum atomic E-state index is -0.263. The Morgan fingerprint density at radius 2 is 2.12 bits per heavy atom. The SMILES string of the molecule is C=Cc1cccc(C(=O)OC2(C)CCCC2)c1. The van der Waals surface area contributed by atoms with E-state index in [1.54, 1.807) is 12.1 Å². The highest BCUT2D eigenvalue weighted by Gasteiger charge is 2.32. The van der Waals surface area contributed by atoms with Crippen LogP contribution in [-0.2, 0) is 4.74 Å². The van der Waals surface area contributed by atoms with Crippen molar-refractivity contribution in [2.45, 2.75) is 38.2 Å². The lowest BCUT2D eigenvalue weighted by molar-refractivity contribution is -0.00608. The maximum Gasteiger partial charge on any atom is 0.338 e. The molecule has 1 aliphatic rings. The highest BCUT2D eigenvalue weighted by molar-refractivity contribution is 5.90. The van der Waals surface area contributed by atoms with E-state index in [1.807, 2.05) is 25.1 Å². The molecule has 2 rings (SSSR count). The van der Waals surface area contributed by atoms with Crippen LogP contribution in [0.1, 0.15) is 48.5 Å². The first-order chi connectivity index (χ1) is 8.13. The molecule has 0 amide bonds. The molecule has 0 N–H and O–H groups in total. The van der Waals surface area contributed by atoms with Gasteiger partial charge in [0.15, 0.2) is 0 Å². The number of benzene rings is 1. The van der Waals surface area contributed by atoms with Crippen molar-refractivity contribution >= 4 is 12.0 Å². The van der Waals surface area contributed by atoms with E-state index >= 15 is 0 Å². The van der Waals surface area contributed by atoms with Gasteiger partial charge in [-0.1, -0.05) is 24.8 Å². The van der Waals surface area contributed by atoms with Crippen LogP contribution in [0.25, 0.3) is 6.08 Å². The largest absolute Gasteiger partial charge is 0.456 e. The van der Waals surface area contributed by atoms with Gasteiger partial charge in [0.05, 0.1) is 5.56 Å².